The molecule has 0 radical (unpaired) electrons. The predicted molar refractivity (Wildman–Crippen MR) is 146 cm³/mol. The first-order chi connectivity index (χ1) is 17.2. The second-order valence-electron chi connectivity index (χ2n) is 10.5. The van der Waals surface area contributed by atoms with Gasteiger partial charge in [0.1, 0.15) is 5.69 Å². The van der Waals surface area contributed by atoms with Crippen LogP contribution in [0.4, 0.5) is 0 Å². The van der Waals surface area contributed by atoms with E-state index >= 15 is 0 Å². The molecule has 0 spiro atoms. The molecule has 1 saturated carbocycles. The summed E-state index contributed by atoms with van der Waals surface area (Å²) in [4.78, 5) is 2.47. The summed E-state index contributed by atoms with van der Waals surface area (Å²) < 4.78 is 4.14. The van der Waals surface area contributed by atoms with Gasteiger partial charge in [-0.2, -0.15) is 15.3 Å². The van der Waals surface area contributed by atoms with Crippen molar-refractivity contribution in [2.24, 2.45) is 7.05 Å². The van der Waals surface area contributed by atoms with E-state index in [1.165, 1.54) is 0 Å². The average Bonchev–Trinajstić information content (AvgIpc) is 3.52. The van der Waals surface area contributed by atoms with Gasteiger partial charge in [-0.05, 0) is 71.3 Å². The smallest absolute Gasteiger partial charge is 0.101 e. The van der Waals surface area contributed by atoms with Crippen LogP contribution in [0.2, 0.25) is 5.02 Å². The third kappa shape index (κ3) is 3.48. The van der Waals surface area contributed by atoms with Gasteiger partial charge in [-0.3, -0.25) is 14.5 Å². The highest BCUT2D eigenvalue weighted by molar-refractivity contribution is 6.36. The molecule has 0 bridgehead atoms. The topological polar surface area (TPSA) is 67.6 Å². The van der Waals surface area contributed by atoms with Crippen molar-refractivity contribution in [2.75, 3.05) is 7.05 Å². The van der Waals surface area contributed by atoms with E-state index in [0.29, 0.717) is 18.1 Å². The number of hydrogen-bond donors (Lipinski definition) is 1. The maximum atomic E-state index is 7.03. The largest absolute Gasteiger partial charge is 0.301 e. The number of rotatable bonds is 5. The van der Waals surface area contributed by atoms with Gasteiger partial charge in [0.25, 0.3) is 0 Å². The molecule has 0 unspecified atom stereocenters. The third-order valence-electron chi connectivity index (χ3n) is 8.11. The molecule has 3 heterocycles. The lowest BCUT2D eigenvalue weighted by molar-refractivity contribution is 0.0757. The van der Waals surface area contributed by atoms with Gasteiger partial charge < -0.3 is 4.90 Å². The summed E-state index contributed by atoms with van der Waals surface area (Å²) >= 11 is 7.03. The standard InChI is InChI=1S/C28H32ClN7/c1-15(2)34(5)20-11-21(12-20)36-17(4)25(26-22-14-30-32-23(22)9-16(3)27(26)29)28(33-36)18-7-8-24-19(10-18)13-31-35(24)6/h7-10,13-15,20-21H,11-12H2,1-6H3,(H,30,32). The van der Waals surface area contributed by atoms with Gasteiger partial charge in [0, 0.05) is 52.3 Å². The fourth-order valence-electron chi connectivity index (χ4n) is 5.64. The van der Waals surface area contributed by atoms with Crippen LogP contribution < -0.4 is 0 Å². The van der Waals surface area contributed by atoms with E-state index in [1.807, 2.05) is 31.0 Å². The maximum absolute atomic E-state index is 7.03. The number of aryl methyl sites for hydroxylation is 2. The van der Waals surface area contributed by atoms with Gasteiger partial charge in [0.2, 0.25) is 0 Å². The minimum Gasteiger partial charge on any atom is -0.301 e. The maximum Gasteiger partial charge on any atom is 0.101 e. The highest BCUT2D eigenvalue weighted by Gasteiger charge is 2.37. The number of benzene rings is 2. The third-order valence-corrected chi connectivity index (χ3v) is 8.60. The number of H-pyrrole nitrogens is 1. The molecule has 186 valence electrons. The SMILES string of the molecule is Cc1cc2[nH]ncc2c(-c2c(-c3ccc4c(cnn4C)c3)nn(C3CC(N(C)C(C)C)C3)c2C)c1Cl. The van der Waals surface area contributed by atoms with Crippen molar-refractivity contribution in [3.8, 4) is 22.4 Å². The Morgan fingerprint density at radius 1 is 1.11 bits per heavy atom. The van der Waals surface area contributed by atoms with Crippen LogP contribution in [0.25, 0.3) is 44.2 Å². The average molecular weight is 502 g/mol. The molecular formula is C28H32ClN7. The van der Waals surface area contributed by atoms with Crippen LogP contribution in [0.5, 0.6) is 0 Å². The molecule has 7 nitrogen and oxygen atoms in total. The molecule has 0 atom stereocenters. The lowest BCUT2D eigenvalue weighted by Crippen LogP contribution is -2.46. The number of aromatic amines is 1. The van der Waals surface area contributed by atoms with E-state index in [-0.39, 0.29) is 0 Å². The monoisotopic (exact) mass is 501 g/mol. The van der Waals surface area contributed by atoms with Gasteiger partial charge >= 0.3 is 0 Å². The van der Waals surface area contributed by atoms with E-state index in [1.54, 1.807) is 0 Å². The van der Waals surface area contributed by atoms with Crippen LogP contribution in [0.1, 0.15) is 44.0 Å². The van der Waals surface area contributed by atoms with Crippen molar-refractivity contribution >= 4 is 33.4 Å². The Balaban J connectivity index is 1.55. The number of nitrogens with one attached hydrogen (secondary N) is 1. The lowest BCUT2D eigenvalue weighted by Gasteiger charge is -2.43. The summed E-state index contributed by atoms with van der Waals surface area (Å²) in [6.45, 7) is 8.74. The zero-order chi connectivity index (χ0) is 25.3. The molecule has 0 aliphatic heterocycles. The first-order valence-corrected chi connectivity index (χ1v) is 13.0. The molecule has 36 heavy (non-hydrogen) atoms. The Labute approximate surface area is 216 Å². The van der Waals surface area contributed by atoms with Crippen molar-refractivity contribution in [1.82, 2.24) is 34.7 Å². The van der Waals surface area contributed by atoms with E-state index in [2.05, 4.69) is 77.0 Å². The van der Waals surface area contributed by atoms with Crippen molar-refractivity contribution < 1.29 is 0 Å². The Morgan fingerprint density at radius 3 is 2.64 bits per heavy atom. The number of aromatic nitrogens is 6. The molecule has 1 aliphatic rings. The first-order valence-electron chi connectivity index (χ1n) is 12.6. The summed E-state index contributed by atoms with van der Waals surface area (Å²) in [5.41, 5.74) is 8.34. The fraction of sp³-hybridized carbons (Fsp3) is 0.393. The summed E-state index contributed by atoms with van der Waals surface area (Å²) in [5.74, 6) is 0. The highest BCUT2D eigenvalue weighted by atomic mass is 35.5. The van der Waals surface area contributed by atoms with Crippen molar-refractivity contribution in [3.63, 3.8) is 0 Å². The molecule has 0 amide bonds. The first kappa shape index (κ1) is 23.3. The van der Waals surface area contributed by atoms with Gasteiger partial charge in [-0.1, -0.05) is 17.7 Å². The lowest BCUT2D eigenvalue weighted by atomic mass is 9.85. The van der Waals surface area contributed by atoms with Gasteiger partial charge in [0.05, 0.1) is 34.5 Å². The molecule has 1 N–H and O–H groups in total. The van der Waals surface area contributed by atoms with Gasteiger partial charge in [-0.25, -0.2) is 0 Å². The molecular weight excluding hydrogens is 470 g/mol. The van der Waals surface area contributed by atoms with Crippen LogP contribution in [-0.4, -0.2) is 53.8 Å². The molecule has 0 saturated heterocycles. The van der Waals surface area contributed by atoms with Crippen LogP contribution in [-0.2, 0) is 7.05 Å². The zero-order valence-corrected chi connectivity index (χ0v) is 22.4. The molecule has 1 aliphatic carbocycles. The van der Waals surface area contributed by atoms with Crippen LogP contribution in [0, 0.1) is 13.8 Å². The molecule has 1 fully saturated rings. The second kappa shape index (κ2) is 8.46. The summed E-state index contributed by atoms with van der Waals surface area (Å²) in [7, 11) is 4.19. The Kier molecular flexibility index (Phi) is 5.46. The fourth-order valence-corrected chi connectivity index (χ4v) is 5.90. The van der Waals surface area contributed by atoms with Crippen LogP contribution >= 0.6 is 11.6 Å². The summed E-state index contributed by atoms with van der Waals surface area (Å²) in [6, 6.07) is 10.0. The van der Waals surface area contributed by atoms with Crippen molar-refractivity contribution in [1.29, 1.82) is 0 Å². The molecule has 3 aromatic heterocycles. The number of fused-ring (bicyclic) bond motifs is 2. The normalized spacial score (nSPS) is 18.1. The second-order valence-corrected chi connectivity index (χ2v) is 10.9. The highest BCUT2D eigenvalue weighted by Crippen LogP contribution is 2.46. The number of hydrogen-bond acceptors (Lipinski definition) is 4. The molecule has 2 aromatic carbocycles. The van der Waals surface area contributed by atoms with Crippen molar-refractivity contribution in [3.05, 3.63) is 52.9 Å². The molecule has 6 rings (SSSR count). The van der Waals surface area contributed by atoms with Crippen LogP contribution in [0.15, 0.2) is 36.7 Å². The number of halogens is 1. The summed E-state index contributed by atoms with van der Waals surface area (Å²) in [5, 5.41) is 20.0. The predicted octanol–water partition coefficient (Wildman–Crippen LogP) is 6.29. The van der Waals surface area contributed by atoms with Gasteiger partial charge in [-0.15, -0.1) is 0 Å². The minimum atomic E-state index is 0.370. The van der Waals surface area contributed by atoms with E-state index in [0.717, 1.165) is 73.3 Å². The number of nitrogens with zero attached hydrogens (tertiary/aromatic N) is 6. The molecule has 8 heteroatoms. The van der Waals surface area contributed by atoms with E-state index in [4.69, 9.17) is 16.7 Å². The van der Waals surface area contributed by atoms with Gasteiger partial charge in [0.15, 0.2) is 0 Å². The van der Waals surface area contributed by atoms with Crippen molar-refractivity contribution in [2.45, 2.75) is 58.7 Å². The zero-order valence-electron chi connectivity index (χ0n) is 21.7. The minimum absolute atomic E-state index is 0.370. The Hall–Kier alpha value is -3.16. The Morgan fingerprint density at radius 2 is 1.89 bits per heavy atom. The molecule has 5 aromatic rings. The quantitative estimate of drug-likeness (QED) is 0.307. The van der Waals surface area contributed by atoms with Crippen LogP contribution in [0.3, 0.4) is 0 Å². The summed E-state index contributed by atoms with van der Waals surface area (Å²) in [6.07, 6.45) is 5.98. The Bertz CT molecular complexity index is 1600. The van der Waals surface area contributed by atoms with E-state index < -0.39 is 0 Å². The van der Waals surface area contributed by atoms with E-state index in [9.17, 15) is 0 Å².